The van der Waals surface area contributed by atoms with Crippen LogP contribution in [0.5, 0.6) is 0 Å². The van der Waals surface area contributed by atoms with E-state index in [0.717, 1.165) is 213 Å². The molecule has 36 heteroatoms. The molecule has 13 aliphatic rings. The van der Waals surface area contributed by atoms with E-state index in [2.05, 4.69) is 145 Å². The first-order valence-corrected chi connectivity index (χ1v) is 54.4. The van der Waals surface area contributed by atoms with E-state index in [1.54, 1.807) is 18.6 Å². The number of hydrogen-bond acceptors (Lipinski definition) is 28. The lowest BCUT2D eigenvalue weighted by Crippen LogP contribution is -2.40. The minimum atomic E-state index is -0.533. The molecule has 8 bridgehead atoms. The van der Waals surface area contributed by atoms with Crippen LogP contribution in [0.3, 0.4) is 0 Å². The van der Waals surface area contributed by atoms with Crippen molar-refractivity contribution in [1.82, 2.24) is 80.7 Å². The van der Waals surface area contributed by atoms with Crippen LogP contribution in [0.4, 0.5) is 23.3 Å². The Balaban J connectivity index is 0.000000124. The normalized spacial score (nSPS) is 26.4. The first-order valence-electron chi connectivity index (χ1n) is 51.1. The molecule has 140 heavy (non-hydrogen) atoms. The maximum absolute atomic E-state index is 13.8. The summed E-state index contributed by atoms with van der Waals surface area (Å²) in [6, 6.07) is 10.4. The molecule has 8 aliphatic heterocycles. The zero-order chi connectivity index (χ0) is 98.8. The van der Waals surface area contributed by atoms with Crippen LogP contribution in [0.1, 0.15) is 358 Å². The maximum Gasteiger partial charge on any atom is 0.280 e. The van der Waals surface area contributed by atoms with Crippen molar-refractivity contribution in [3.8, 4) is 41.8 Å². The molecule has 0 aromatic carbocycles. The zero-order valence-electron chi connectivity index (χ0n) is 82.9. The monoisotopic (exact) mass is 1990 g/mol. The Morgan fingerprint density at radius 3 is 0.843 bits per heavy atom. The highest BCUT2D eigenvalue weighted by molar-refractivity contribution is 7.18. The fraction of sp³-hybridized carbons (Fsp3) is 0.615. The van der Waals surface area contributed by atoms with Crippen LogP contribution in [-0.2, 0) is 0 Å². The van der Waals surface area contributed by atoms with Gasteiger partial charge in [-0.15, -0.1) is 45.3 Å². The number of carbonyl (C=O) groups excluding carboxylic acids is 8. The number of anilines is 4. The third-order valence-corrected chi connectivity index (χ3v) is 34.8. The standard InChI is InChI=1S/C27H35N5O3S.2C26H35N5O3S.C25H33N5O3S/c1-14-11-22(29-15(2)16-3-4-16)28-13-21(14)24-23(27(35)32-18-6-7-19(32)9-8-18)31-26(36-24)25(34)30-17-5-10-20(33)12-17;1-14-11-20(30-26(2,3)4)27-13-19(14)22-21(25(34)31-16-6-7-17(31)9-8-16)29-24(35-22)23(33)28-15-5-10-18(32)12-15;1-14-12-20(30-26(2,3)4)27-13-17(14)22-21(25(34)31-15-8-9-16(31)11-10-15)29-24(35-22)23(33)28-18-6-5-7-19(18)32;1-13(2)27-20-10-14(3)19(12-26-20)22-21(25(33)30-16-5-6-17(30)8-7-16)29-24(34-22)23(32)28-15-4-9-18(31)11-15/h11,13,15-20,33H,3-10,12H2,1-2H3,(H,28,29)(H,30,34);11,13,15-18,32H,5-10,12H2,1-4H3,(H,27,30)(H,28,33);12-13,15-16,18-19,32H,5-11H2,1-4H3,(H,27,30)(H,28,33);10,12-13,15-18,31H,4-9,11H2,1-3H3,(H,26,27)(H,28,32)/t15-,17-,18?,19?,20-;15-,16?,17?,18-;15?,16?,18-,19-;15-,16?,17?,18-/m1010/s1. The molecule has 8 amide bonds. The molecule has 0 radical (unpaired) electrons. The molecule has 8 aromatic rings. The number of fused-ring (bicyclic) bond motifs is 8. The van der Waals surface area contributed by atoms with Crippen molar-refractivity contribution in [3.05, 3.63) is 114 Å². The van der Waals surface area contributed by atoms with Crippen LogP contribution < -0.4 is 42.5 Å². The Morgan fingerprint density at radius 2 is 0.607 bits per heavy atom. The van der Waals surface area contributed by atoms with Crippen molar-refractivity contribution in [3.63, 3.8) is 0 Å². The Labute approximate surface area is 835 Å². The molecule has 5 aliphatic carbocycles. The van der Waals surface area contributed by atoms with E-state index in [1.165, 1.54) is 58.2 Å². The summed E-state index contributed by atoms with van der Waals surface area (Å²) in [5.74, 6) is 2.41. The number of amides is 8. The van der Waals surface area contributed by atoms with Gasteiger partial charge in [0, 0.05) is 137 Å². The van der Waals surface area contributed by atoms with Crippen LogP contribution in [0.15, 0.2) is 49.1 Å². The predicted molar refractivity (Wildman–Crippen MR) is 545 cm³/mol. The average Bonchev–Trinajstić information content (AvgIpc) is 1.62. The fourth-order valence-corrected chi connectivity index (χ4v) is 27.4. The quantitative estimate of drug-likeness (QED) is 0.0283. The topological polar surface area (TPSA) is 430 Å². The molecule has 0 unspecified atom stereocenters. The molecule has 5 saturated carbocycles. The van der Waals surface area contributed by atoms with Crippen molar-refractivity contribution >= 4 is 116 Å². The van der Waals surface area contributed by atoms with Crippen molar-refractivity contribution in [2.45, 2.75) is 403 Å². The number of nitrogens with zero attached hydrogens (tertiary/aromatic N) is 12. The van der Waals surface area contributed by atoms with Gasteiger partial charge in [-0.05, 0) is 335 Å². The first kappa shape index (κ1) is 100. The third-order valence-electron chi connectivity index (χ3n) is 30.4. The van der Waals surface area contributed by atoms with Gasteiger partial charge in [-0.3, -0.25) is 38.4 Å². The molecular weight excluding hydrogens is 1850 g/mol. The molecule has 32 nitrogen and oxygen atoms in total. The molecule has 12 N–H and O–H groups in total. The first-order chi connectivity index (χ1) is 66.9. The Hall–Kier alpha value is -10.1. The molecule has 13 fully saturated rings. The van der Waals surface area contributed by atoms with E-state index in [4.69, 9.17) is 0 Å². The molecule has 9 atom stereocenters. The van der Waals surface area contributed by atoms with Crippen molar-refractivity contribution in [1.29, 1.82) is 0 Å². The summed E-state index contributed by atoms with van der Waals surface area (Å²) in [7, 11) is 0. The largest absolute Gasteiger partial charge is 0.393 e. The van der Waals surface area contributed by atoms with Gasteiger partial charge in [0.2, 0.25) is 0 Å². The highest BCUT2D eigenvalue weighted by Gasteiger charge is 2.50. The highest BCUT2D eigenvalue weighted by atomic mass is 32.1. The minimum absolute atomic E-state index is 0.0596. The number of pyridine rings is 4. The van der Waals surface area contributed by atoms with Gasteiger partial charge in [0.15, 0.2) is 20.0 Å². The number of hydrogen-bond donors (Lipinski definition) is 12. The molecule has 750 valence electrons. The lowest BCUT2D eigenvalue weighted by atomic mass is 10.0. The fourth-order valence-electron chi connectivity index (χ4n) is 23.3. The van der Waals surface area contributed by atoms with Gasteiger partial charge in [-0.2, -0.15) is 0 Å². The number of nitrogens with one attached hydrogen (secondary N) is 8. The van der Waals surface area contributed by atoms with Crippen molar-refractivity contribution < 1.29 is 58.8 Å². The lowest BCUT2D eigenvalue weighted by Gasteiger charge is -2.22. The number of aromatic nitrogens is 8. The molecule has 0 spiro atoms. The van der Waals surface area contributed by atoms with Crippen LogP contribution in [0.2, 0.25) is 0 Å². The van der Waals surface area contributed by atoms with Crippen LogP contribution >= 0.6 is 45.3 Å². The predicted octanol–water partition coefficient (Wildman–Crippen LogP) is 16.1. The molecule has 21 rings (SSSR count). The summed E-state index contributed by atoms with van der Waals surface area (Å²) in [5, 5.41) is 66.3. The van der Waals surface area contributed by atoms with E-state index in [1.807, 2.05) is 77.8 Å². The maximum atomic E-state index is 13.8. The van der Waals surface area contributed by atoms with Crippen LogP contribution in [-0.4, -0.2) is 247 Å². The summed E-state index contributed by atoms with van der Waals surface area (Å²) >= 11 is 5.02. The van der Waals surface area contributed by atoms with Gasteiger partial charge in [-0.1, -0.05) is 0 Å². The zero-order valence-corrected chi connectivity index (χ0v) is 86.1. The summed E-state index contributed by atoms with van der Waals surface area (Å²) in [6.45, 7) is 26.8. The number of aryl methyl sites for hydroxylation is 4. The third kappa shape index (κ3) is 22.3. The smallest absolute Gasteiger partial charge is 0.280 e. The summed E-state index contributed by atoms with van der Waals surface area (Å²) in [5.41, 5.74) is 8.41. The summed E-state index contributed by atoms with van der Waals surface area (Å²) in [4.78, 5) is 155. The van der Waals surface area contributed by atoms with Gasteiger partial charge >= 0.3 is 0 Å². The number of thiazole rings is 4. The van der Waals surface area contributed by atoms with Crippen LogP contribution in [0, 0.1) is 33.6 Å². The minimum Gasteiger partial charge on any atom is -0.393 e. The summed E-state index contributed by atoms with van der Waals surface area (Å²) < 4.78 is 0. The Morgan fingerprint density at radius 1 is 0.343 bits per heavy atom. The van der Waals surface area contributed by atoms with E-state index < -0.39 is 6.10 Å². The molecule has 8 aromatic heterocycles. The molecule has 8 saturated heterocycles. The van der Waals surface area contributed by atoms with Gasteiger partial charge in [0.05, 0.1) is 50.0 Å². The second kappa shape index (κ2) is 41.7. The number of rotatable bonds is 23. The second-order valence-corrected chi connectivity index (χ2v) is 47.8. The Bertz CT molecular complexity index is 5900. The highest BCUT2D eigenvalue weighted by Crippen LogP contribution is 2.48. The number of carbonyl (C=O) groups is 8. The van der Waals surface area contributed by atoms with E-state index >= 15 is 0 Å². The van der Waals surface area contributed by atoms with Crippen LogP contribution in [0.25, 0.3) is 41.8 Å². The van der Waals surface area contributed by atoms with Gasteiger partial charge < -0.3 is 82.6 Å². The second-order valence-electron chi connectivity index (χ2n) is 43.8. The summed E-state index contributed by atoms with van der Waals surface area (Å²) in [6.07, 6.45) is 33.1. The SMILES string of the molecule is Cc1cc(NC(C)(C)C)ncc1-c1sc(C(=O)N[C@@H]2CCC[C@H]2O)nc1C(=O)N1C2CCC1CC2.Cc1cc(NC(C)(C)C)ncc1-c1sc(C(=O)N[C@H]2CC[C@H](O)C2)nc1C(=O)N1C2CCC1CC2.Cc1cc(NC(C)C)ncc1-c1sc(C(=O)N[C@H]2CC[C@H](O)C2)nc1C(=O)N1C2CCC1CC2.Cc1cc(N[C@H](C)C2CC2)ncc1-c1sc(C(=O)N[C@@H]2CC[C@@H](O)C2)nc1C(=O)N1C2CCC1CC2. The molecular formula is C104H138N20O12S4. The van der Waals surface area contributed by atoms with Gasteiger partial charge in [-0.25, -0.2) is 39.9 Å². The molecule has 16 heterocycles. The Kier molecular flexibility index (Phi) is 29.8. The van der Waals surface area contributed by atoms with Crippen molar-refractivity contribution in [2.75, 3.05) is 21.3 Å². The van der Waals surface area contributed by atoms with Gasteiger partial charge in [0.1, 0.15) is 46.0 Å². The average molecular weight is 1990 g/mol. The van der Waals surface area contributed by atoms with Crippen molar-refractivity contribution in [2.24, 2.45) is 5.92 Å². The number of aliphatic hydroxyl groups is 4. The van der Waals surface area contributed by atoms with Gasteiger partial charge in [0.25, 0.3) is 47.3 Å². The lowest BCUT2D eigenvalue weighted by molar-refractivity contribution is 0.0716. The van der Waals surface area contributed by atoms with E-state index in [-0.39, 0.29) is 170 Å². The van der Waals surface area contributed by atoms with E-state index in [9.17, 15) is 58.8 Å². The number of aliphatic hydroxyl groups excluding tert-OH is 4. The van der Waals surface area contributed by atoms with E-state index in [0.29, 0.717) is 93.4 Å².